The highest BCUT2D eigenvalue weighted by Crippen LogP contribution is 2.11. The van der Waals surface area contributed by atoms with Crippen molar-refractivity contribution in [3.63, 3.8) is 0 Å². The summed E-state index contributed by atoms with van der Waals surface area (Å²) in [5, 5.41) is 0. The van der Waals surface area contributed by atoms with Gasteiger partial charge < -0.3 is 9.47 Å². The van der Waals surface area contributed by atoms with Gasteiger partial charge in [0, 0.05) is 0 Å². The SMILES string of the molecule is CC(C)C(=O)O[C@H](C)CC[C@@H](C)OC(=O)C(C)C. The van der Waals surface area contributed by atoms with Crippen molar-refractivity contribution in [2.45, 2.75) is 66.6 Å². The van der Waals surface area contributed by atoms with Crippen LogP contribution in [0.4, 0.5) is 0 Å². The summed E-state index contributed by atoms with van der Waals surface area (Å²) in [5.74, 6) is -0.587. The molecule has 0 aliphatic carbocycles. The van der Waals surface area contributed by atoms with Crippen LogP contribution in [0.3, 0.4) is 0 Å². The first-order valence-electron chi connectivity index (χ1n) is 6.65. The van der Waals surface area contributed by atoms with E-state index in [0.29, 0.717) is 12.8 Å². The summed E-state index contributed by atoms with van der Waals surface area (Å²) in [6, 6.07) is 0. The quantitative estimate of drug-likeness (QED) is 0.659. The molecule has 0 heterocycles. The highest BCUT2D eigenvalue weighted by molar-refractivity contribution is 5.72. The van der Waals surface area contributed by atoms with Gasteiger partial charge in [-0.3, -0.25) is 9.59 Å². The number of rotatable bonds is 7. The average Bonchev–Trinajstić information content (AvgIpc) is 2.25. The second-order valence-electron chi connectivity index (χ2n) is 5.38. The maximum absolute atomic E-state index is 11.4. The second-order valence-corrected chi connectivity index (χ2v) is 5.38. The van der Waals surface area contributed by atoms with E-state index in [1.165, 1.54) is 0 Å². The zero-order valence-corrected chi connectivity index (χ0v) is 12.4. The van der Waals surface area contributed by atoms with Gasteiger partial charge >= 0.3 is 11.9 Å². The lowest BCUT2D eigenvalue weighted by atomic mass is 10.1. The molecule has 0 spiro atoms. The molecule has 0 aromatic carbocycles. The summed E-state index contributed by atoms with van der Waals surface area (Å²) in [6.07, 6.45) is 1.12. The van der Waals surface area contributed by atoms with Crippen molar-refractivity contribution in [2.75, 3.05) is 0 Å². The van der Waals surface area contributed by atoms with E-state index >= 15 is 0 Å². The van der Waals surface area contributed by atoms with E-state index in [2.05, 4.69) is 0 Å². The first-order valence-corrected chi connectivity index (χ1v) is 6.65. The molecule has 0 rings (SSSR count). The third kappa shape index (κ3) is 7.30. The van der Waals surface area contributed by atoms with E-state index in [1.54, 1.807) is 0 Å². The van der Waals surface area contributed by atoms with E-state index < -0.39 is 0 Å². The molecular weight excluding hydrogens is 232 g/mol. The predicted octanol–water partition coefficient (Wildman–Crippen LogP) is 2.94. The van der Waals surface area contributed by atoms with E-state index in [1.807, 2.05) is 41.5 Å². The molecule has 0 amide bonds. The zero-order valence-electron chi connectivity index (χ0n) is 12.4. The normalized spacial score (nSPS) is 14.4. The molecule has 0 radical (unpaired) electrons. The van der Waals surface area contributed by atoms with Crippen LogP contribution in [0.25, 0.3) is 0 Å². The summed E-state index contributed by atoms with van der Waals surface area (Å²) in [5.41, 5.74) is 0. The minimum absolute atomic E-state index is 0.108. The minimum atomic E-state index is -0.186. The molecule has 18 heavy (non-hydrogen) atoms. The van der Waals surface area contributed by atoms with E-state index in [4.69, 9.17) is 9.47 Å². The lowest BCUT2D eigenvalue weighted by molar-refractivity contribution is -0.156. The van der Waals surface area contributed by atoms with Gasteiger partial charge in [-0.2, -0.15) is 0 Å². The largest absolute Gasteiger partial charge is 0.462 e. The number of carbonyl (C=O) groups is 2. The van der Waals surface area contributed by atoms with Crippen LogP contribution in [0.1, 0.15) is 54.4 Å². The van der Waals surface area contributed by atoms with E-state index in [9.17, 15) is 9.59 Å². The summed E-state index contributed by atoms with van der Waals surface area (Å²) >= 11 is 0. The molecule has 4 nitrogen and oxygen atoms in total. The van der Waals surface area contributed by atoms with Crippen molar-refractivity contribution in [2.24, 2.45) is 11.8 Å². The Kier molecular flexibility index (Phi) is 7.64. The van der Waals surface area contributed by atoms with Crippen LogP contribution >= 0.6 is 0 Å². The molecule has 0 aliphatic heterocycles. The van der Waals surface area contributed by atoms with E-state index in [0.717, 1.165) is 0 Å². The fraction of sp³-hybridized carbons (Fsp3) is 0.857. The second kappa shape index (κ2) is 8.11. The highest BCUT2D eigenvalue weighted by atomic mass is 16.5. The molecule has 2 atom stereocenters. The van der Waals surface area contributed by atoms with Gasteiger partial charge in [0.15, 0.2) is 0 Å². The van der Waals surface area contributed by atoms with Gasteiger partial charge in [0.05, 0.1) is 24.0 Å². The fourth-order valence-corrected chi connectivity index (χ4v) is 1.26. The monoisotopic (exact) mass is 258 g/mol. The molecule has 0 aliphatic rings. The molecule has 106 valence electrons. The Labute approximate surface area is 110 Å². The van der Waals surface area contributed by atoms with Crippen LogP contribution in [-0.4, -0.2) is 24.1 Å². The predicted molar refractivity (Wildman–Crippen MR) is 70.0 cm³/mol. The van der Waals surface area contributed by atoms with Gasteiger partial charge in [-0.15, -0.1) is 0 Å². The van der Waals surface area contributed by atoms with Crippen molar-refractivity contribution in [1.82, 2.24) is 0 Å². The Balaban J connectivity index is 3.88. The van der Waals surface area contributed by atoms with Gasteiger partial charge in [0.2, 0.25) is 0 Å². The highest BCUT2D eigenvalue weighted by Gasteiger charge is 2.16. The Morgan fingerprint density at radius 1 is 0.722 bits per heavy atom. The number of esters is 2. The van der Waals surface area contributed by atoms with Crippen LogP contribution < -0.4 is 0 Å². The third-order valence-corrected chi connectivity index (χ3v) is 2.56. The van der Waals surface area contributed by atoms with Gasteiger partial charge in [-0.25, -0.2) is 0 Å². The average molecular weight is 258 g/mol. The van der Waals surface area contributed by atoms with Gasteiger partial charge in [-0.05, 0) is 26.7 Å². The molecule has 0 aromatic heterocycles. The molecule has 0 N–H and O–H groups in total. The van der Waals surface area contributed by atoms with Gasteiger partial charge in [0.1, 0.15) is 0 Å². The Morgan fingerprint density at radius 3 is 1.22 bits per heavy atom. The summed E-state index contributed by atoms with van der Waals surface area (Å²) in [4.78, 5) is 22.7. The van der Waals surface area contributed by atoms with Crippen LogP contribution in [0.2, 0.25) is 0 Å². The molecule has 4 heteroatoms. The molecular formula is C14H26O4. The molecule has 0 unspecified atom stereocenters. The van der Waals surface area contributed by atoms with Crippen molar-refractivity contribution < 1.29 is 19.1 Å². The lowest BCUT2D eigenvalue weighted by Gasteiger charge is -2.18. The third-order valence-electron chi connectivity index (χ3n) is 2.56. The Hall–Kier alpha value is -1.06. The first-order chi connectivity index (χ1) is 8.23. The summed E-state index contributed by atoms with van der Waals surface area (Å²) in [6.45, 7) is 10.9. The van der Waals surface area contributed by atoms with Crippen molar-refractivity contribution in [3.05, 3.63) is 0 Å². The lowest BCUT2D eigenvalue weighted by Crippen LogP contribution is -2.23. The van der Waals surface area contributed by atoms with Crippen LogP contribution in [-0.2, 0) is 19.1 Å². The topological polar surface area (TPSA) is 52.6 Å². The van der Waals surface area contributed by atoms with Gasteiger partial charge in [-0.1, -0.05) is 27.7 Å². The molecule has 0 aromatic rings. The fourth-order valence-electron chi connectivity index (χ4n) is 1.26. The van der Waals surface area contributed by atoms with Crippen LogP contribution in [0, 0.1) is 11.8 Å². The maximum Gasteiger partial charge on any atom is 0.308 e. The van der Waals surface area contributed by atoms with Crippen LogP contribution in [0.15, 0.2) is 0 Å². The van der Waals surface area contributed by atoms with Crippen LogP contribution in [0.5, 0.6) is 0 Å². The van der Waals surface area contributed by atoms with Crippen molar-refractivity contribution >= 4 is 11.9 Å². The molecule has 0 saturated carbocycles. The van der Waals surface area contributed by atoms with Crippen molar-refractivity contribution in [3.8, 4) is 0 Å². The number of hydrogen-bond donors (Lipinski definition) is 0. The molecule has 0 fully saturated rings. The number of hydrogen-bond acceptors (Lipinski definition) is 4. The smallest absolute Gasteiger partial charge is 0.308 e. The first kappa shape index (κ1) is 16.9. The molecule has 0 bridgehead atoms. The summed E-state index contributed by atoms with van der Waals surface area (Å²) < 4.78 is 10.5. The minimum Gasteiger partial charge on any atom is -0.462 e. The van der Waals surface area contributed by atoms with Gasteiger partial charge in [0.25, 0.3) is 0 Å². The van der Waals surface area contributed by atoms with E-state index in [-0.39, 0.29) is 36.0 Å². The maximum atomic E-state index is 11.4. The van der Waals surface area contributed by atoms with Crippen molar-refractivity contribution in [1.29, 1.82) is 0 Å². The Bertz CT molecular complexity index is 243. The summed E-state index contributed by atoms with van der Waals surface area (Å²) in [7, 11) is 0. The zero-order chi connectivity index (χ0) is 14.3. The Morgan fingerprint density at radius 2 is 1.00 bits per heavy atom. The number of carbonyl (C=O) groups excluding carboxylic acids is 2. The molecule has 0 saturated heterocycles. The number of ether oxygens (including phenoxy) is 2. The standard InChI is InChI=1S/C14H26O4/c1-9(2)13(15)17-11(5)7-8-12(6)18-14(16)10(3)4/h9-12H,7-8H2,1-6H3/t11-,12-/m1/s1.